The van der Waals surface area contributed by atoms with Gasteiger partial charge in [0.25, 0.3) is 0 Å². The molecule has 19 heavy (non-hydrogen) atoms. The minimum atomic E-state index is 0. The molecule has 0 spiro atoms. The Hall–Kier alpha value is 0.503. The van der Waals surface area contributed by atoms with Gasteiger partial charge in [-0.15, -0.1) is 0 Å². The number of fused-ring (bicyclic) bond motifs is 1. The maximum absolute atomic E-state index is 2.34. The molecular weight excluding hydrogens is 511 g/mol. The fourth-order valence-electron chi connectivity index (χ4n) is 2.20. The van der Waals surface area contributed by atoms with E-state index in [-0.39, 0.29) is 50.9 Å². The summed E-state index contributed by atoms with van der Waals surface area (Å²) in [6.45, 7) is 0. The van der Waals surface area contributed by atoms with E-state index in [1.807, 2.05) is 0 Å². The van der Waals surface area contributed by atoms with E-state index < -0.39 is 0 Å². The average molecular weight is 522 g/mol. The van der Waals surface area contributed by atoms with E-state index >= 15 is 0 Å². The molecule has 96 valence electrons. The quantitative estimate of drug-likeness (QED) is 0.352. The van der Waals surface area contributed by atoms with Crippen LogP contribution in [0.5, 0.6) is 0 Å². The Labute approximate surface area is 160 Å². The molecule has 1 aliphatic carbocycles. The topological polar surface area (TPSA) is 0 Å². The molecular formula is C15H11Br3Zr. The molecule has 1 unspecified atom stereocenters. The van der Waals surface area contributed by atoms with Crippen molar-refractivity contribution in [3.8, 4) is 0 Å². The number of benzene rings is 2. The van der Waals surface area contributed by atoms with E-state index in [2.05, 4.69) is 60.7 Å². The Kier molecular flexibility index (Phi) is 8.95. The van der Waals surface area contributed by atoms with Crippen LogP contribution in [-0.2, 0) is 24.7 Å². The van der Waals surface area contributed by atoms with Crippen LogP contribution in [0.25, 0.3) is 11.6 Å². The van der Waals surface area contributed by atoms with Gasteiger partial charge >= 0.3 is 111 Å². The van der Waals surface area contributed by atoms with E-state index in [1.54, 1.807) is 24.7 Å². The summed E-state index contributed by atoms with van der Waals surface area (Å²) in [5.74, 6) is 0. The predicted octanol–water partition coefficient (Wildman–Crippen LogP) is -5.16. The molecule has 0 amide bonds. The second-order valence-electron chi connectivity index (χ2n) is 4.03. The molecule has 0 aliphatic heterocycles. The van der Waals surface area contributed by atoms with Crippen LogP contribution in [0.1, 0.15) is 20.3 Å². The van der Waals surface area contributed by atoms with Gasteiger partial charge in [0.1, 0.15) is 0 Å². The van der Waals surface area contributed by atoms with E-state index in [9.17, 15) is 0 Å². The molecule has 0 N–H and O–H groups in total. The van der Waals surface area contributed by atoms with Gasteiger partial charge in [0.2, 0.25) is 0 Å². The summed E-state index contributed by atoms with van der Waals surface area (Å²) in [7, 11) is 0. The zero-order valence-corrected chi connectivity index (χ0v) is 17.2. The van der Waals surface area contributed by atoms with Crippen LogP contribution in [-0.4, -0.2) is 0 Å². The van der Waals surface area contributed by atoms with Gasteiger partial charge in [-0.3, -0.25) is 0 Å². The van der Waals surface area contributed by atoms with Crippen molar-refractivity contribution in [2.24, 2.45) is 0 Å². The maximum atomic E-state index is 2.34. The van der Waals surface area contributed by atoms with Crippen molar-refractivity contribution in [2.75, 3.05) is 0 Å². The molecule has 0 aromatic heterocycles. The molecule has 1 atom stereocenters. The Bertz CT molecular complexity index is 552. The Balaban J connectivity index is 0.00000108. The summed E-state index contributed by atoms with van der Waals surface area (Å²) in [5, 5.41) is 0. The molecule has 2 aromatic carbocycles. The van der Waals surface area contributed by atoms with Crippen molar-refractivity contribution in [1.29, 1.82) is 0 Å². The van der Waals surface area contributed by atoms with Crippen LogP contribution in [0.4, 0.5) is 0 Å². The Morgan fingerprint density at radius 1 is 0.737 bits per heavy atom. The van der Waals surface area contributed by atoms with Crippen molar-refractivity contribution in [3.05, 3.63) is 71.3 Å². The number of rotatable bonds is 1. The second kappa shape index (κ2) is 8.72. The van der Waals surface area contributed by atoms with Gasteiger partial charge in [0.05, 0.1) is 0 Å². The normalized spacial score (nSPS) is 15.3. The van der Waals surface area contributed by atoms with Crippen LogP contribution >= 0.6 is 0 Å². The summed E-state index contributed by atoms with van der Waals surface area (Å²) < 4.78 is 0.603. The van der Waals surface area contributed by atoms with E-state index in [1.165, 1.54) is 22.3 Å². The molecule has 0 saturated carbocycles. The third-order valence-corrected chi connectivity index (χ3v) is 4.57. The van der Waals surface area contributed by atoms with Gasteiger partial charge in [-0.1, -0.05) is 0 Å². The Morgan fingerprint density at radius 3 is 1.95 bits per heavy atom. The van der Waals surface area contributed by atoms with Gasteiger partial charge in [-0.25, -0.2) is 0 Å². The first-order valence-electron chi connectivity index (χ1n) is 5.43. The first-order valence-corrected chi connectivity index (χ1v) is 6.85. The van der Waals surface area contributed by atoms with E-state index in [0.717, 1.165) is 0 Å². The molecule has 0 bridgehead atoms. The first-order chi connectivity index (χ1) is 7.86. The van der Waals surface area contributed by atoms with Crippen LogP contribution in [0, 0.1) is 0 Å². The van der Waals surface area contributed by atoms with Crippen LogP contribution in [0.2, 0.25) is 0 Å². The van der Waals surface area contributed by atoms with Crippen molar-refractivity contribution in [1.82, 2.24) is 0 Å². The van der Waals surface area contributed by atoms with Crippen LogP contribution in [0.3, 0.4) is 0 Å². The third-order valence-electron chi connectivity index (χ3n) is 3.04. The molecule has 0 saturated heterocycles. The number of hydrogen-bond acceptors (Lipinski definition) is 0. The van der Waals surface area contributed by atoms with Gasteiger partial charge in [0, 0.05) is 0 Å². The Morgan fingerprint density at radius 2 is 1.32 bits per heavy atom. The van der Waals surface area contributed by atoms with Crippen molar-refractivity contribution in [3.63, 3.8) is 0 Å². The standard InChI is InChI=1S/C15H11.3BrH.Zr/c1-2-6-12(7-3-1)15-10-13-8-4-5-9-14(13)11-15;;;;/h1-11H;3*1H;/q;;;;+3/p-3. The zero-order chi connectivity index (χ0) is 11.0. The number of allylic oxidation sites excluding steroid dienone is 1. The number of hydrogen-bond donors (Lipinski definition) is 0. The molecule has 0 radical (unpaired) electrons. The molecule has 1 aliphatic rings. The third kappa shape index (κ3) is 4.00. The fourth-order valence-corrected chi connectivity index (χ4v) is 3.46. The van der Waals surface area contributed by atoms with Gasteiger partial charge in [0.15, 0.2) is 0 Å². The van der Waals surface area contributed by atoms with E-state index in [4.69, 9.17) is 0 Å². The monoisotopic (exact) mass is 518 g/mol. The molecule has 3 rings (SSSR count). The average Bonchev–Trinajstić information content (AvgIpc) is 2.69. The second-order valence-corrected chi connectivity index (χ2v) is 5.45. The van der Waals surface area contributed by atoms with E-state index in [0.29, 0.717) is 3.63 Å². The molecule has 2 aromatic rings. The van der Waals surface area contributed by atoms with Gasteiger partial charge < -0.3 is 50.9 Å². The molecule has 4 heteroatoms. The summed E-state index contributed by atoms with van der Waals surface area (Å²) in [6, 6.07) is 19.4. The molecule has 0 nitrogen and oxygen atoms in total. The van der Waals surface area contributed by atoms with Crippen molar-refractivity contribution < 1.29 is 75.7 Å². The van der Waals surface area contributed by atoms with Gasteiger partial charge in [-0.2, -0.15) is 0 Å². The molecule has 0 heterocycles. The predicted molar refractivity (Wildman–Crippen MR) is 63.5 cm³/mol. The van der Waals surface area contributed by atoms with Crippen LogP contribution < -0.4 is 50.9 Å². The van der Waals surface area contributed by atoms with Crippen molar-refractivity contribution >= 4 is 11.6 Å². The summed E-state index contributed by atoms with van der Waals surface area (Å²) >= 11 is 1.57. The summed E-state index contributed by atoms with van der Waals surface area (Å²) in [4.78, 5) is 0. The SMILES string of the molecule is [Br-].[Br-].[Br-].[Zr+3][CH]1C(c2ccccc2)=Cc2ccccc21. The van der Waals surface area contributed by atoms with Gasteiger partial charge in [-0.05, 0) is 0 Å². The summed E-state index contributed by atoms with van der Waals surface area (Å²) in [5.41, 5.74) is 5.71. The first kappa shape index (κ1) is 19.5. The fraction of sp³-hybridized carbons (Fsp3) is 0.0667. The molecule has 0 fully saturated rings. The summed E-state index contributed by atoms with van der Waals surface area (Å²) in [6.07, 6.45) is 2.34. The number of halogens is 3. The zero-order valence-electron chi connectivity index (χ0n) is 9.98. The van der Waals surface area contributed by atoms with Crippen LogP contribution in [0.15, 0.2) is 54.6 Å². The van der Waals surface area contributed by atoms with Crippen molar-refractivity contribution in [2.45, 2.75) is 3.63 Å². The minimum absolute atomic E-state index is 0.